The molecule has 1 unspecified atom stereocenters. The number of carbonyl (C=O) groups is 1. The van der Waals surface area contributed by atoms with Crippen molar-refractivity contribution in [3.8, 4) is 0 Å². The molecule has 0 fully saturated rings. The minimum Gasteiger partial charge on any atom is -0.356 e. The summed E-state index contributed by atoms with van der Waals surface area (Å²) in [6.45, 7) is 4.29. The molecule has 13 heavy (non-hydrogen) atoms. The first kappa shape index (κ1) is 12.5. The quantitative estimate of drug-likeness (QED) is 0.524. The van der Waals surface area contributed by atoms with Crippen molar-refractivity contribution in [2.75, 3.05) is 18.6 Å². The molecule has 4 heteroatoms. The second-order valence-electron chi connectivity index (χ2n) is 3.69. The van der Waals surface area contributed by atoms with Crippen molar-refractivity contribution in [1.82, 2.24) is 5.32 Å². The Bertz CT molecular complexity index is 255. The molecule has 0 saturated heterocycles. The van der Waals surface area contributed by atoms with Gasteiger partial charge in [0.05, 0.1) is 0 Å². The Balaban J connectivity index is 3.53. The van der Waals surface area contributed by atoms with E-state index in [1.807, 2.05) is 13.8 Å². The van der Waals surface area contributed by atoms with Gasteiger partial charge >= 0.3 is 0 Å². The van der Waals surface area contributed by atoms with E-state index in [9.17, 15) is 9.00 Å². The van der Waals surface area contributed by atoms with E-state index in [0.29, 0.717) is 12.3 Å². The summed E-state index contributed by atoms with van der Waals surface area (Å²) in [5.41, 5.74) is 0. The average Bonchev–Trinajstić information content (AvgIpc) is 1.95. The highest BCUT2D eigenvalue weighted by molar-refractivity contribution is 7.99. The van der Waals surface area contributed by atoms with E-state index in [0.717, 1.165) is 6.42 Å². The molecule has 3 nitrogen and oxygen atoms in total. The van der Waals surface area contributed by atoms with Crippen LogP contribution >= 0.6 is 0 Å². The van der Waals surface area contributed by atoms with Gasteiger partial charge in [-0.05, 0) is 21.8 Å². The van der Waals surface area contributed by atoms with Crippen LogP contribution in [0, 0.1) is 5.92 Å². The van der Waals surface area contributed by atoms with E-state index >= 15 is 0 Å². The fourth-order valence-electron chi connectivity index (χ4n) is 0.793. The van der Waals surface area contributed by atoms with Crippen molar-refractivity contribution in [2.45, 2.75) is 20.3 Å². The molecule has 0 aliphatic carbocycles. The van der Waals surface area contributed by atoms with Gasteiger partial charge < -0.3 is 5.32 Å². The molecule has 0 aliphatic heterocycles. The first-order valence-electron chi connectivity index (χ1n) is 4.40. The number of hydrogen-bond acceptors (Lipinski definition) is 2. The third-order valence-electron chi connectivity index (χ3n) is 1.58. The van der Waals surface area contributed by atoms with E-state index in [-0.39, 0.29) is 11.8 Å². The van der Waals surface area contributed by atoms with E-state index < -0.39 is 9.52 Å². The van der Waals surface area contributed by atoms with E-state index in [1.165, 1.54) is 0 Å². The Morgan fingerprint density at radius 3 is 2.46 bits per heavy atom. The van der Waals surface area contributed by atoms with Gasteiger partial charge in [-0.1, -0.05) is 13.8 Å². The first-order chi connectivity index (χ1) is 5.83. The molecule has 0 aliphatic rings. The number of nitrogens with one attached hydrogen (secondary N) is 1. The maximum Gasteiger partial charge on any atom is 0.222 e. The van der Waals surface area contributed by atoms with Crippen molar-refractivity contribution in [2.24, 2.45) is 5.92 Å². The van der Waals surface area contributed by atoms with Gasteiger partial charge in [0.15, 0.2) is 0 Å². The first-order valence-corrected chi connectivity index (χ1v) is 6.71. The standard InChI is InChI=1S/C9H19NO2S/c1-8(2)9(11)10-6-5-7-13(3,4)12/h8H,3,5-7H2,1-2,4H3,(H,10,11). The lowest BCUT2D eigenvalue weighted by Crippen LogP contribution is -2.29. The van der Waals surface area contributed by atoms with Crippen LogP contribution in [0.15, 0.2) is 0 Å². The van der Waals surface area contributed by atoms with E-state index in [1.54, 1.807) is 6.26 Å². The third kappa shape index (κ3) is 7.84. The molecule has 0 radical (unpaired) electrons. The lowest BCUT2D eigenvalue weighted by molar-refractivity contribution is -0.123. The minimum atomic E-state index is -1.89. The Labute approximate surface area is 80.9 Å². The lowest BCUT2D eigenvalue weighted by Gasteiger charge is -2.07. The summed E-state index contributed by atoms with van der Waals surface area (Å²) in [7, 11) is -1.89. The molecule has 1 atom stereocenters. The molecule has 0 aromatic carbocycles. The van der Waals surface area contributed by atoms with Crippen LogP contribution < -0.4 is 5.32 Å². The van der Waals surface area contributed by atoms with Crippen molar-refractivity contribution in [1.29, 1.82) is 0 Å². The molecule has 0 rings (SSSR count). The van der Waals surface area contributed by atoms with Crippen LogP contribution in [0.2, 0.25) is 0 Å². The van der Waals surface area contributed by atoms with Gasteiger partial charge in [0.1, 0.15) is 0 Å². The molecular weight excluding hydrogens is 186 g/mol. The molecule has 0 bridgehead atoms. The summed E-state index contributed by atoms with van der Waals surface area (Å²) in [5, 5.41) is 2.76. The van der Waals surface area contributed by atoms with Crippen LogP contribution in [0.4, 0.5) is 0 Å². The summed E-state index contributed by atoms with van der Waals surface area (Å²) >= 11 is 0. The Kier molecular flexibility index (Phi) is 5.06. The molecule has 78 valence electrons. The summed E-state index contributed by atoms with van der Waals surface area (Å²) in [6, 6.07) is 0. The van der Waals surface area contributed by atoms with Crippen LogP contribution in [0.5, 0.6) is 0 Å². The van der Waals surface area contributed by atoms with Crippen molar-refractivity contribution < 1.29 is 9.00 Å². The van der Waals surface area contributed by atoms with Crippen LogP contribution in [-0.2, 0) is 14.3 Å². The Morgan fingerprint density at radius 2 is 2.08 bits per heavy atom. The summed E-state index contributed by atoms with van der Waals surface area (Å²) in [5.74, 6) is 4.18. The highest BCUT2D eigenvalue weighted by Gasteiger charge is 2.05. The zero-order chi connectivity index (χ0) is 10.5. The molecule has 0 heterocycles. The average molecular weight is 205 g/mol. The Morgan fingerprint density at radius 1 is 1.54 bits per heavy atom. The molecule has 1 N–H and O–H groups in total. The van der Waals surface area contributed by atoms with Crippen molar-refractivity contribution in [3.05, 3.63) is 0 Å². The molecule has 1 amide bonds. The summed E-state index contributed by atoms with van der Waals surface area (Å²) in [6.07, 6.45) is 2.37. The topological polar surface area (TPSA) is 46.2 Å². The predicted octanol–water partition coefficient (Wildman–Crippen LogP) is 0.495. The fraction of sp³-hybridized carbons (Fsp3) is 0.778. The monoisotopic (exact) mass is 205 g/mol. The maximum absolute atomic E-state index is 11.1. The number of carbonyl (C=O) groups excluding carboxylic acids is 1. The van der Waals surface area contributed by atoms with Gasteiger partial charge in [0, 0.05) is 24.5 Å². The van der Waals surface area contributed by atoms with Gasteiger partial charge in [-0.25, -0.2) is 0 Å². The number of rotatable bonds is 5. The van der Waals surface area contributed by atoms with Crippen LogP contribution in [0.25, 0.3) is 0 Å². The molecule has 0 spiro atoms. The van der Waals surface area contributed by atoms with Crippen LogP contribution in [0.3, 0.4) is 0 Å². The van der Waals surface area contributed by atoms with E-state index in [2.05, 4.69) is 11.2 Å². The molecular formula is C9H19NO2S. The van der Waals surface area contributed by atoms with Crippen molar-refractivity contribution in [3.63, 3.8) is 0 Å². The van der Waals surface area contributed by atoms with Crippen LogP contribution in [-0.4, -0.2) is 34.5 Å². The van der Waals surface area contributed by atoms with Gasteiger partial charge in [0.25, 0.3) is 0 Å². The minimum absolute atomic E-state index is 0.0192. The normalized spacial score (nSPS) is 15.4. The highest BCUT2D eigenvalue weighted by atomic mass is 32.2. The number of hydrogen-bond donors (Lipinski definition) is 1. The summed E-state index contributed by atoms with van der Waals surface area (Å²) < 4.78 is 11.1. The van der Waals surface area contributed by atoms with E-state index in [4.69, 9.17) is 0 Å². The van der Waals surface area contributed by atoms with Gasteiger partial charge in [-0.15, -0.1) is 0 Å². The Hall–Kier alpha value is -0.510. The van der Waals surface area contributed by atoms with Crippen molar-refractivity contribution >= 4 is 21.3 Å². The van der Waals surface area contributed by atoms with Gasteiger partial charge in [0.2, 0.25) is 5.91 Å². The smallest absolute Gasteiger partial charge is 0.222 e. The zero-order valence-corrected chi connectivity index (χ0v) is 9.45. The number of amides is 1. The maximum atomic E-state index is 11.1. The largest absolute Gasteiger partial charge is 0.356 e. The van der Waals surface area contributed by atoms with Gasteiger partial charge in [-0.3, -0.25) is 9.00 Å². The van der Waals surface area contributed by atoms with Gasteiger partial charge in [-0.2, -0.15) is 0 Å². The highest BCUT2D eigenvalue weighted by Crippen LogP contribution is 1.91. The lowest BCUT2D eigenvalue weighted by atomic mass is 10.2. The SMILES string of the molecule is C=S(C)(=O)CCCNC(=O)C(C)C. The molecule has 0 aromatic heterocycles. The fourth-order valence-corrected chi connectivity index (χ4v) is 1.55. The molecule has 0 saturated carbocycles. The second kappa shape index (κ2) is 5.27. The third-order valence-corrected chi connectivity index (χ3v) is 2.73. The predicted molar refractivity (Wildman–Crippen MR) is 58.5 cm³/mol. The summed E-state index contributed by atoms with van der Waals surface area (Å²) in [4.78, 5) is 11.1. The van der Waals surface area contributed by atoms with Crippen LogP contribution in [0.1, 0.15) is 20.3 Å². The zero-order valence-electron chi connectivity index (χ0n) is 8.63. The second-order valence-corrected chi connectivity index (χ2v) is 6.46. The molecule has 0 aromatic rings.